The molecule has 1 atom stereocenters. The van der Waals surface area contributed by atoms with Gasteiger partial charge in [0, 0.05) is 32.4 Å². The van der Waals surface area contributed by atoms with Crippen LogP contribution in [0, 0.1) is 5.92 Å². The number of nitrogens with zero attached hydrogens (tertiary/aromatic N) is 1. The van der Waals surface area contributed by atoms with Gasteiger partial charge in [-0.25, -0.2) is 4.98 Å². The Bertz CT molecular complexity index is 275. The van der Waals surface area contributed by atoms with Crippen LogP contribution < -0.4 is 0 Å². The summed E-state index contributed by atoms with van der Waals surface area (Å²) in [6.07, 6.45) is 4.41. The third-order valence-electron chi connectivity index (χ3n) is 2.13. The van der Waals surface area contributed by atoms with E-state index in [-0.39, 0.29) is 0 Å². The van der Waals surface area contributed by atoms with Crippen LogP contribution in [0.5, 0.6) is 0 Å². The van der Waals surface area contributed by atoms with Crippen LogP contribution in [0.1, 0.15) is 25.0 Å². The van der Waals surface area contributed by atoms with E-state index >= 15 is 0 Å². The number of rotatable bonds is 7. The minimum atomic E-state index is 0.462. The second-order valence-electron chi connectivity index (χ2n) is 3.78. The average Bonchev–Trinajstić information content (AvgIpc) is 2.63. The molecule has 0 aromatic carbocycles. The summed E-state index contributed by atoms with van der Waals surface area (Å²) in [4.78, 5) is 4.20. The van der Waals surface area contributed by atoms with Gasteiger partial charge in [0.2, 0.25) is 0 Å². The molecule has 1 aromatic heterocycles. The highest BCUT2D eigenvalue weighted by atomic mass is 35.5. The molecule has 86 valence electrons. The lowest BCUT2D eigenvalue weighted by Gasteiger charge is -2.06. The van der Waals surface area contributed by atoms with Crippen molar-refractivity contribution in [3.8, 4) is 0 Å². The fourth-order valence-electron chi connectivity index (χ4n) is 1.46. The third kappa shape index (κ3) is 4.67. The Morgan fingerprint density at radius 2 is 2.40 bits per heavy atom. The monoisotopic (exact) mass is 231 g/mol. The van der Waals surface area contributed by atoms with Gasteiger partial charge in [-0.05, 0) is 12.3 Å². The molecule has 4 heteroatoms. The van der Waals surface area contributed by atoms with Crippen molar-refractivity contribution < 1.29 is 9.15 Å². The highest BCUT2D eigenvalue weighted by molar-refractivity contribution is 6.17. The number of alkyl halides is 1. The average molecular weight is 232 g/mol. The molecule has 0 aliphatic rings. The molecule has 15 heavy (non-hydrogen) atoms. The van der Waals surface area contributed by atoms with Crippen molar-refractivity contribution >= 4 is 11.6 Å². The first-order valence-electron chi connectivity index (χ1n) is 5.24. The van der Waals surface area contributed by atoms with Crippen LogP contribution in [0.25, 0.3) is 0 Å². The molecular formula is C11H18ClNO2. The van der Waals surface area contributed by atoms with E-state index in [0.29, 0.717) is 11.8 Å². The van der Waals surface area contributed by atoms with Crippen molar-refractivity contribution in [3.05, 3.63) is 17.8 Å². The highest BCUT2D eigenvalue weighted by Gasteiger charge is 2.08. The van der Waals surface area contributed by atoms with Gasteiger partial charge >= 0.3 is 0 Å². The Hall–Kier alpha value is -0.540. The maximum absolute atomic E-state index is 5.60. The molecular weight excluding hydrogens is 214 g/mol. The van der Waals surface area contributed by atoms with Gasteiger partial charge in [0.05, 0.1) is 6.20 Å². The standard InChI is InChI=1S/C11H18ClNO2/c1-9(8-14-2)6-10-7-13-11(15-10)4-3-5-12/h7,9H,3-6,8H2,1-2H3. The van der Waals surface area contributed by atoms with Gasteiger partial charge in [-0.15, -0.1) is 11.6 Å². The largest absolute Gasteiger partial charge is 0.446 e. The number of aryl methyl sites for hydroxylation is 1. The zero-order valence-corrected chi connectivity index (χ0v) is 10.1. The molecule has 1 aromatic rings. The number of ether oxygens (including phenoxy) is 1. The molecule has 0 saturated heterocycles. The van der Waals surface area contributed by atoms with Crippen LogP contribution in [-0.4, -0.2) is 24.6 Å². The second kappa shape index (κ2) is 6.85. The van der Waals surface area contributed by atoms with Crippen molar-refractivity contribution in [1.82, 2.24) is 4.98 Å². The summed E-state index contributed by atoms with van der Waals surface area (Å²) in [6, 6.07) is 0. The van der Waals surface area contributed by atoms with Gasteiger partial charge in [-0.1, -0.05) is 6.92 Å². The van der Waals surface area contributed by atoms with E-state index in [2.05, 4.69) is 11.9 Å². The number of oxazole rings is 1. The molecule has 0 saturated carbocycles. The summed E-state index contributed by atoms with van der Waals surface area (Å²) >= 11 is 5.60. The summed E-state index contributed by atoms with van der Waals surface area (Å²) in [5.41, 5.74) is 0. The molecule has 1 rings (SSSR count). The fourth-order valence-corrected chi connectivity index (χ4v) is 1.60. The Balaban J connectivity index is 2.38. The van der Waals surface area contributed by atoms with Gasteiger partial charge in [0.25, 0.3) is 0 Å². The Kier molecular flexibility index (Phi) is 5.73. The number of hydrogen-bond donors (Lipinski definition) is 0. The SMILES string of the molecule is COCC(C)Cc1cnc(CCCCl)o1. The van der Waals surface area contributed by atoms with Crippen LogP contribution in [-0.2, 0) is 17.6 Å². The van der Waals surface area contributed by atoms with E-state index in [1.54, 1.807) is 13.3 Å². The molecule has 0 aliphatic heterocycles. The number of halogens is 1. The first-order chi connectivity index (χ1) is 7.26. The van der Waals surface area contributed by atoms with E-state index in [0.717, 1.165) is 37.5 Å². The molecule has 0 aliphatic carbocycles. The second-order valence-corrected chi connectivity index (χ2v) is 4.16. The molecule has 0 amide bonds. The predicted octanol–water partition coefficient (Wildman–Crippen LogP) is 2.67. The van der Waals surface area contributed by atoms with Gasteiger partial charge in [0.15, 0.2) is 5.89 Å². The van der Waals surface area contributed by atoms with E-state index < -0.39 is 0 Å². The minimum Gasteiger partial charge on any atom is -0.446 e. The molecule has 1 heterocycles. The number of methoxy groups -OCH3 is 1. The molecule has 1 unspecified atom stereocenters. The zero-order chi connectivity index (χ0) is 11.1. The molecule has 0 bridgehead atoms. The Labute approximate surface area is 95.8 Å². The van der Waals surface area contributed by atoms with Crippen molar-refractivity contribution in [2.75, 3.05) is 19.6 Å². The summed E-state index contributed by atoms with van der Waals surface area (Å²) in [5.74, 6) is 2.83. The smallest absolute Gasteiger partial charge is 0.194 e. The zero-order valence-electron chi connectivity index (χ0n) is 9.33. The van der Waals surface area contributed by atoms with Crippen LogP contribution in [0.4, 0.5) is 0 Å². The molecule has 0 radical (unpaired) electrons. The van der Waals surface area contributed by atoms with Gasteiger partial charge in [0.1, 0.15) is 5.76 Å². The quantitative estimate of drug-likeness (QED) is 0.677. The molecule has 0 spiro atoms. The van der Waals surface area contributed by atoms with E-state index in [1.807, 2.05) is 0 Å². The highest BCUT2D eigenvalue weighted by Crippen LogP contribution is 2.11. The Morgan fingerprint density at radius 3 is 3.07 bits per heavy atom. The fraction of sp³-hybridized carbons (Fsp3) is 0.727. The summed E-state index contributed by atoms with van der Waals surface area (Å²) < 4.78 is 10.6. The van der Waals surface area contributed by atoms with Gasteiger partial charge in [-0.3, -0.25) is 0 Å². The normalized spacial score (nSPS) is 13.0. The van der Waals surface area contributed by atoms with E-state index in [1.165, 1.54) is 0 Å². The van der Waals surface area contributed by atoms with Crippen LogP contribution >= 0.6 is 11.6 Å². The summed E-state index contributed by atoms with van der Waals surface area (Å²) in [5, 5.41) is 0. The maximum Gasteiger partial charge on any atom is 0.194 e. The van der Waals surface area contributed by atoms with Crippen molar-refractivity contribution in [3.63, 3.8) is 0 Å². The lowest BCUT2D eigenvalue weighted by Crippen LogP contribution is -2.06. The number of hydrogen-bond acceptors (Lipinski definition) is 3. The minimum absolute atomic E-state index is 0.462. The first kappa shape index (κ1) is 12.5. The summed E-state index contributed by atoms with van der Waals surface area (Å²) in [7, 11) is 1.71. The molecule has 3 nitrogen and oxygen atoms in total. The molecule has 0 fully saturated rings. The van der Waals surface area contributed by atoms with Crippen LogP contribution in [0.3, 0.4) is 0 Å². The number of aromatic nitrogens is 1. The first-order valence-corrected chi connectivity index (χ1v) is 5.78. The van der Waals surface area contributed by atoms with Crippen molar-refractivity contribution in [1.29, 1.82) is 0 Å². The van der Waals surface area contributed by atoms with Crippen molar-refractivity contribution in [2.45, 2.75) is 26.2 Å². The predicted molar refractivity (Wildman–Crippen MR) is 60.3 cm³/mol. The maximum atomic E-state index is 5.60. The van der Waals surface area contributed by atoms with Gasteiger partial charge < -0.3 is 9.15 Å². The van der Waals surface area contributed by atoms with E-state index in [4.69, 9.17) is 20.8 Å². The summed E-state index contributed by atoms with van der Waals surface area (Å²) in [6.45, 7) is 2.88. The van der Waals surface area contributed by atoms with Crippen LogP contribution in [0.15, 0.2) is 10.6 Å². The Morgan fingerprint density at radius 1 is 1.60 bits per heavy atom. The third-order valence-corrected chi connectivity index (χ3v) is 2.39. The lowest BCUT2D eigenvalue weighted by atomic mass is 10.1. The van der Waals surface area contributed by atoms with Gasteiger partial charge in [-0.2, -0.15) is 0 Å². The molecule has 0 N–H and O–H groups in total. The van der Waals surface area contributed by atoms with Crippen molar-refractivity contribution in [2.24, 2.45) is 5.92 Å². The lowest BCUT2D eigenvalue weighted by molar-refractivity contribution is 0.156. The topological polar surface area (TPSA) is 35.3 Å². The van der Waals surface area contributed by atoms with Crippen LogP contribution in [0.2, 0.25) is 0 Å². The van der Waals surface area contributed by atoms with E-state index in [9.17, 15) is 0 Å².